The molecule has 0 fully saturated rings. The van der Waals surface area contributed by atoms with Crippen LogP contribution in [0, 0.1) is 0 Å². The zero-order valence-electron chi connectivity index (χ0n) is 7.38. The van der Waals surface area contributed by atoms with Gasteiger partial charge in [-0.3, -0.25) is 0 Å². The van der Waals surface area contributed by atoms with Crippen molar-refractivity contribution in [1.82, 2.24) is 9.97 Å². The van der Waals surface area contributed by atoms with Gasteiger partial charge in [0.05, 0.1) is 5.56 Å². The van der Waals surface area contributed by atoms with E-state index in [-0.39, 0.29) is 5.56 Å². The molecule has 0 amide bonds. The first-order valence-corrected chi connectivity index (χ1v) is 4.93. The van der Waals surface area contributed by atoms with Crippen LogP contribution in [0.5, 0.6) is 0 Å². The van der Waals surface area contributed by atoms with Crippen LogP contribution < -0.4 is 0 Å². The molecule has 0 aliphatic heterocycles. The molecule has 0 saturated heterocycles. The summed E-state index contributed by atoms with van der Waals surface area (Å²) in [6.07, 6.45) is 3.09. The molecule has 0 bridgehead atoms. The van der Waals surface area contributed by atoms with Gasteiger partial charge in [0.1, 0.15) is 0 Å². The lowest BCUT2D eigenvalue weighted by atomic mass is 10.2. The van der Waals surface area contributed by atoms with Gasteiger partial charge < -0.3 is 0 Å². The summed E-state index contributed by atoms with van der Waals surface area (Å²) in [5.41, 5.74) is 0.608. The van der Waals surface area contributed by atoms with Crippen LogP contribution in [0.3, 0.4) is 0 Å². The molecular formula is C9H5FN2O2S. The summed E-state index contributed by atoms with van der Waals surface area (Å²) in [6.45, 7) is 0. The van der Waals surface area contributed by atoms with Gasteiger partial charge in [0.2, 0.25) is 0 Å². The molecule has 6 heteroatoms. The Kier molecular flexibility index (Phi) is 2.68. The molecule has 2 rings (SSSR count). The molecule has 0 spiro atoms. The number of thiophene rings is 1. The van der Waals surface area contributed by atoms with Crippen molar-refractivity contribution < 1.29 is 14.3 Å². The molecule has 0 N–H and O–H groups in total. The van der Waals surface area contributed by atoms with Crippen molar-refractivity contribution in [2.24, 2.45) is 0 Å². The SMILES string of the molecule is O=C(OF)c1cscc1-c1ncccn1. The summed E-state index contributed by atoms with van der Waals surface area (Å²) in [5.74, 6) is -0.655. The van der Waals surface area contributed by atoms with Crippen LogP contribution in [-0.2, 0) is 4.94 Å². The Labute approximate surface area is 88.3 Å². The number of aromatic nitrogens is 2. The van der Waals surface area contributed by atoms with E-state index in [4.69, 9.17) is 0 Å². The van der Waals surface area contributed by atoms with Crippen LogP contribution in [0.25, 0.3) is 11.4 Å². The molecule has 0 atom stereocenters. The van der Waals surface area contributed by atoms with E-state index in [1.165, 1.54) is 16.7 Å². The van der Waals surface area contributed by atoms with Crippen molar-refractivity contribution in [3.05, 3.63) is 34.8 Å². The lowest BCUT2D eigenvalue weighted by Gasteiger charge is -1.97. The molecule has 2 aromatic rings. The molecule has 0 aliphatic carbocycles. The number of rotatable bonds is 2. The minimum absolute atomic E-state index is 0.133. The molecule has 4 nitrogen and oxygen atoms in total. The van der Waals surface area contributed by atoms with Crippen molar-refractivity contribution in [2.45, 2.75) is 0 Å². The second-order valence-corrected chi connectivity index (χ2v) is 3.38. The predicted octanol–water partition coefficient (Wildman–Crippen LogP) is 2.25. The fourth-order valence-electron chi connectivity index (χ4n) is 1.11. The van der Waals surface area contributed by atoms with Crippen LogP contribution in [0.2, 0.25) is 0 Å². The molecule has 76 valence electrons. The summed E-state index contributed by atoms with van der Waals surface area (Å²) >= 11 is 1.26. The Morgan fingerprint density at radius 3 is 2.73 bits per heavy atom. The number of carbonyl (C=O) groups excluding carboxylic acids is 1. The quantitative estimate of drug-likeness (QED) is 0.785. The van der Waals surface area contributed by atoms with E-state index in [1.807, 2.05) is 0 Å². The van der Waals surface area contributed by atoms with Gasteiger partial charge >= 0.3 is 5.97 Å². The Hall–Kier alpha value is -1.82. The summed E-state index contributed by atoms with van der Waals surface area (Å²) in [4.78, 5) is 22.1. The monoisotopic (exact) mass is 224 g/mol. The number of hydrogen-bond acceptors (Lipinski definition) is 5. The van der Waals surface area contributed by atoms with Crippen molar-refractivity contribution in [1.29, 1.82) is 0 Å². The van der Waals surface area contributed by atoms with E-state index >= 15 is 0 Å². The second-order valence-electron chi connectivity index (χ2n) is 2.64. The van der Waals surface area contributed by atoms with Gasteiger partial charge in [-0.25, -0.2) is 19.7 Å². The molecule has 0 unspecified atom stereocenters. The Morgan fingerprint density at radius 2 is 2.07 bits per heavy atom. The van der Waals surface area contributed by atoms with Gasteiger partial charge in [0.15, 0.2) is 5.82 Å². The van der Waals surface area contributed by atoms with E-state index in [1.54, 1.807) is 23.8 Å². The van der Waals surface area contributed by atoms with Crippen LogP contribution >= 0.6 is 11.3 Å². The predicted molar refractivity (Wildman–Crippen MR) is 51.9 cm³/mol. The van der Waals surface area contributed by atoms with Crippen molar-refractivity contribution >= 4 is 17.3 Å². The van der Waals surface area contributed by atoms with Crippen LogP contribution in [0.15, 0.2) is 29.2 Å². The van der Waals surface area contributed by atoms with E-state index in [2.05, 4.69) is 14.9 Å². The second kappa shape index (κ2) is 4.14. The van der Waals surface area contributed by atoms with Crippen LogP contribution in [0.4, 0.5) is 4.53 Å². The number of halogens is 1. The first-order valence-electron chi connectivity index (χ1n) is 3.99. The third kappa shape index (κ3) is 1.84. The maximum absolute atomic E-state index is 11.8. The summed E-state index contributed by atoms with van der Waals surface area (Å²) in [5, 5.41) is 3.16. The van der Waals surface area contributed by atoms with Crippen molar-refractivity contribution in [3.63, 3.8) is 0 Å². The Bertz CT molecular complexity index is 472. The van der Waals surface area contributed by atoms with Gasteiger partial charge in [-0.15, -0.1) is 0 Å². The zero-order chi connectivity index (χ0) is 10.7. The minimum atomic E-state index is -1.03. The maximum Gasteiger partial charge on any atom is 0.381 e. The fraction of sp³-hybridized carbons (Fsp3) is 0. The molecule has 2 heterocycles. The molecule has 15 heavy (non-hydrogen) atoms. The third-order valence-corrected chi connectivity index (χ3v) is 2.50. The molecular weight excluding hydrogens is 219 g/mol. The number of carbonyl (C=O) groups is 1. The lowest BCUT2D eigenvalue weighted by Crippen LogP contribution is -1.99. The average Bonchev–Trinajstić information content (AvgIpc) is 2.78. The first kappa shape index (κ1) is 9.72. The van der Waals surface area contributed by atoms with E-state index < -0.39 is 5.97 Å². The fourth-order valence-corrected chi connectivity index (χ4v) is 1.90. The highest BCUT2D eigenvalue weighted by atomic mass is 32.1. The molecule has 0 aromatic carbocycles. The Morgan fingerprint density at radius 1 is 1.33 bits per heavy atom. The first-order chi connectivity index (χ1) is 7.33. The average molecular weight is 224 g/mol. The van der Waals surface area contributed by atoms with Crippen LogP contribution in [0.1, 0.15) is 10.4 Å². The molecule has 0 radical (unpaired) electrons. The topological polar surface area (TPSA) is 52.1 Å². The molecule has 0 aliphatic rings. The maximum atomic E-state index is 11.8. The van der Waals surface area contributed by atoms with Crippen molar-refractivity contribution in [3.8, 4) is 11.4 Å². The number of hydrogen-bond donors (Lipinski definition) is 0. The zero-order valence-corrected chi connectivity index (χ0v) is 8.20. The minimum Gasteiger partial charge on any atom is -0.249 e. The van der Waals surface area contributed by atoms with Gasteiger partial charge in [0, 0.05) is 33.2 Å². The molecule has 2 aromatic heterocycles. The third-order valence-electron chi connectivity index (χ3n) is 1.76. The van der Waals surface area contributed by atoms with Gasteiger partial charge in [-0.1, -0.05) is 0 Å². The summed E-state index contributed by atoms with van der Waals surface area (Å²) in [6, 6.07) is 1.66. The standard InChI is InChI=1S/C9H5FN2O2S/c10-14-9(13)7-5-15-4-6(7)8-11-2-1-3-12-8/h1-5H. The highest BCUT2D eigenvalue weighted by molar-refractivity contribution is 7.08. The Balaban J connectivity index is 2.46. The summed E-state index contributed by atoms with van der Waals surface area (Å²) < 4.78 is 11.8. The van der Waals surface area contributed by atoms with E-state index in [0.717, 1.165) is 0 Å². The summed E-state index contributed by atoms with van der Waals surface area (Å²) in [7, 11) is 0. The van der Waals surface area contributed by atoms with Crippen molar-refractivity contribution in [2.75, 3.05) is 0 Å². The normalized spacial score (nSPS) is 9.93. The highest BCUT2D eigenvalue weighted by Gasteiger charge is 2.17. The molecule has 0 saturated carbocycles. The highest BCUT2D eigenvalue weighted by Crippen LogP contribution is 2.24. The number of nitrogens with zero attached hydrogens (tertiary/aromatic N) is 2. The largest absolute Gasteiger partial charge is 0.381 e. The van der Waals surface area contributed by atoms with Crippen LogP contribution in [-0.4, -0.2) is 15.9 Å². The van der Waals surface area contributed by atoms with Gasteiger partial charge in [-0.05, 0) is 6.07 Å². The smallest absolute Gasteiger partial charge is 0.249 e. The van der Waals surface area contributed by atoms with E-state index in [9.17, 15) is 9.32 Å². The van der Waals surface area contributed by atoms with Gasteiger partial charge in [-0.2, -0.15) is 11.3 Å². The van der Waals surface area contributed by atoms with E-state index in [0.29, 0.717) is 11.4 Å². The lowest BCUT2D eigenvalue weighted by molar-refractivity contribution is -0.0786. The van der Waals surface area contributed by atoms with Gasteiger partial charge in [0.25, 0.3) is 0 Å².